The summed E-state index contributed by atoms with van der Waals surface area (Å²) in [5, 5.41) is 4.02. The van der Waals surface area contributed by atoms with Crippen molar-refractivity contribution in [3.8, 4) is 11.5 Å². The van der Waals surface area contributed by atoms with Gasteiger partial charge in [-0.05, 0) is 43.7 Å². The Morgan fingerprint density at radius 2 is 2.00 bits per heavy atom. The Kier molecular flexibility index (Phi) is 3.84. The zero-order chi connectivity index (χ0) is 17.4. The Hall–Kier alpha value is -2.95. The van der Waals surface area contributed by atoms with Crippen molar-refractivity contribution >= 4 is 16.8 Å². The zero-order valence-corrected chi connectivity index (χ0v) is 14.3. The third-order valence-electron chi connectivity index (χ3n) is 4.50. The SMILES string of the molecule is Cc1ccc2[nH]c(C(=O)NCC3COc4ccccc4O3)c(C)c2c1. The van der Waals surface area contributed by atoms with E-state index in [1.165, 1.54) is 5.56 Å². The molecule has 1 aliphatic heterocycles. The van der Waals surface area contributed by atoms with Crippen LogP contribution in [0.1, 0.15) is 21.6 Å². The monoisotopic (exact) mass is 336 g/mol. The van der Waals surface area contributed by atoms with Gasteiger partial charge in [0.2, 0.25) is 0 Å². The van der Waals surface area contributed by atoms with Gasteiger partial charge in [0.25, 0.3) is 5.91 Å². The Morgan fingerprint density at radius 1 is 1.20 bits per heavy atom. The Labute approximate surface area is 146 Å². The van der Waals surface area contributed by atoms with E-state index in [-0.39, 0.29) is 12.0 Å². The summed E-state index contributed by atoms with van der Waals surface area (Å²) in [6.07, 6.45) is -0.203. The number of ether oxygens (including phenoxy) is 2. The number of nitrogens with one attached hydrogen (secondary N) is 2. The summed E-state index contributed by atoms with van der Waals surface area (Å²) in [7, 11) is 0. The van der Waals surface area contributed by atoms with Gasteiger partial charge in [-0.15, -0.1) is 0 Å². The lowest BCUT2D eigenvalue weighted by atomic mass is 10.1. The third kappa shape index (κ3) is 2.93. The van der Waals surface area contributed by atoms with E-state index in [0.717, 1.165) is 22.2 Å². The highest BCUT2D eigenvalue weighted by molar-refractivity contribution is 6.01. The van der Waals surface area contributed by atoms with Crippen LogP contribution < -0.4 is 14.8 Å². The predicted octanol–water partition coefficient (Wildman–Crippen LogP) is 3.35. The van der Waals surface area contributed by atoms with Crippen molar-refractivity contribution in [3.63, 3.8) is 0 Å². The van der Waals surface area contributed by atoms with Crippen LogP contribution in [0.5, 0.6) is 11.5 Å². The van der Waals surface area contributed by atoms with E-state index < -0.39 is 0 Å². The van der Waals surface area contributed by atoms with Crippen LogP contribution in [0.4, 0.5) is 0 Å². The molecular formula is C20H20N2O3. The van der Waals surface area contributed by atoms with Gasteiger partial charge in [-0.2, -0.15) is 0 Å². The molecule has 2 N–H and O–H groups in total. The Morgan fingerprint density at radius 3 is 2.84 bits per heavy atom. The number of aryl methyl sites for hydroxylation is 2. The molecule has 5 nitrogen and oxygen atoms in total. The number of benzene rings is 2. The third-order valence-corrected chi connectivity index (χ3v) is 4.50. The van der Waals surface area contributed by atoms with E-state index >= 15 is 0 Å². The number of fused-ring (bicyclic) bond motifs is 2. The van der Waals surface area contributed by atoms with Crippen molar-refractivity contribution in [2.75, 3.05) is 13.2 Å². The molecular weight excluding hydrogens is 316 g/mol. The first-order valence-electron chi connectivity index (χ1n) is 8.37. The van der Waals surface area contributed by atoms with Crippen molar-refractivity contribution in [2.24, 2.45) is 0 Å². The number of amides is 1. The molecule has 2 aromatic carbocycles. The average Bonchev–Trinajstić information content (AvgIpc) is 2.96. The van der Waals surface area contributed by atoms with Crippen LogP contribution in [0.15, 0.2) is 42.5 Å². The molecule has 4 rings (SSSR count). The maximum absolute atomic E-state index is 12.6. The summed E-state index contributed by atoms with van der Waals surface area (Å²) in [6, 6.07) is 13.7. The van der Waals surface area contributed by atoms with Gasteiger partial charge in [0.05, 0.1) is 6.54 Å². The van der Waals surface area contributed by atoms with E-state index in [0.29, 0.717) is 24.6 Å². The molecule has 1 unspecified atom stereocenters. The van der Waals surface area contributed by atoms with Gasteiger partial charge in [-0.25, -0.2) is 0 Å². The fourth-order valence-corrected chi connectivity index (χ4v) is 3.13. The highest BCUT2D eigenvalue weighted by Crippen LogP contribution is 2.30. The fraction of sp³-hybridized carbons (Fsp3) is 0.250. The minimum absolute atomic E-state index is 0.131. The number of H-pyrrole nitrogens is 1. The largest absolute Gasteiger partial charge is 0.486 e. The minimum Gasteiger partial charge on any atom is -0.486 e. The molecule has 0 spiro atoms. The molecule has 0 fully saturated rings. The van der Waals surface area contributed by atoms with Crippen LogP contribution in [0, 0.1) is 13.8 Å². The van der Waals surface area contributed by atoms with Crippen LogP contribution >= 0.6 is 0 Å². The number of hydrogen-bond donors (Lipinski definition) is 2. The van der Waals surface area contributed by atoms with Gasteiger partial charge >= 0.3 is 0 Å². The van der Waals surface area contributed by atoms with Gasteiger partial charge in [0, 0.05) is 10.9 Å². The first-order valence-corrected chi connectivity index (χ1v) is 8.37. The lowest BCUT2D eigenvalue weighted by Crippen LogP contribution is -2.41. The van der Waals surface area contributed by atoms with Crippen LogP contribution in [0.2, 0.25) is 0 Å². The Balaban J connectivity index is 1.46. The smallest absolute Gasteiger partial charge is 0.268 e. The van der Waals surface area contributed by atoms with Crippen molar-refractivity contribution < 1.29 is 14.3 Å². The first-order chi connectivity index (χ1) is 12.1. The number of rotatable bonds is 3. The molecule has 1 atom stereocenters. The summed E-state index contributed by atoms with van der Waals surface area (Å²) in [5.41, 5.74) is 3.70. The van der Waals surface area contributed by atoms with Crippen molar-refractivity contribution in [2.45, 2.75) is 20.0 Å². The van der Waals surface area contributed by atoms with E-state index in [2.05, 4.69) is 16.4 Å². The zero-order valence-electron chi connectivity index (χ0n) is 14.3. The molecule has 0 aliphatic carbocycles. The van der Waals surface area contributed by atoms with Crippen molar-refractivity contribution in [3.05, 3.63) is 59.3 Å². The molecule has 1 aliphatic rings. The summed E-state index contributed by atoms with van der Waals surface area (Å²) in [6.45, 7) is 4.82. The van der Waals surface area contributed by atoms with Crippen LogP contribution in [-0.2, 0) is 0 Å². The number of carbonyl (C=O) groups is 1. The number of hydrogen-bond acceptors (Lipinski definition) is 3. The molecule has 5 heteroatoms. The molecule has 25 heavy (non-hydrogen) atoms. The number of aromatic nitrogens is 1. The summed E-state index contributed by atoms with van der Waals surface area (Å²) < 4.78 is 11.5. The maximum atomic E-state index is 12.6. The molecule has 0 saturated heterocycles. The first kappa shape index (κ1) is 15.6. The molecule has 0 radical (unpaired) electrons. The summed E-state index contributed by atoms with van der Waals surface area (Å²) in [5.74, 6) is 1.32. The van der Waals surface area contributed by atoms with Crippen LogP contribution in [0.3, 0.4) is 0 Å². The maximum Gasteiger partial charge on any atom is 0.268 e. The molecule has 1 amide bonds. The van der Waals surface area contributed by atoms with Crippen LogP contribution in [0.25, 0.3) is 10.9 Å². The molecule has 128 valence electrons. The van der Waals surface area contributed by atoms with Gasteiger partial charge in [-0.3, -0.25) is 4.79 Å². The minimum atomic E-state index is -0.203. The lowest BCUT2D eigenvalue weighted by molar-refractivity contribution is 0.0786. The number of aromatic amines is 1. The molecule has 3 aromatic rings. The van der Waals surface area contributed by atoms with Crippen molar-refractivity contribution in [1.82, 2.24) is 10.3 Å². The van der Waals surface area contributed by atoms with Gasteiger partial charge in [0.15, 0.2) is 11.5 Å². The highest BCUT2D eigenvalue weighted by Gasteiger charge is 2.22. The van der Waals surface area contributed by atoms with Crippen molar-refractivity contribution in [1.29, 1.82) is 0 Å². The highest BCUT2D eigenvalue weighted by atomic mass is 16.6. The topological polar surface area (TPSA) is 63.4 Å². The summed E-state index contributed by atoms with van der Waals surface area (Å²) >= 11 is 0. The van der Waals surface area contributed by atoms with Crippen LogP contribution in [-0.4, -0.2) is 30.1 Å². The Bertz CT molecular complexity index is 945. The second-order valence-electron chi connectivity index (χ2n) is 6.38. The molecule has 1 aromatic heterocycles. The van der Waals surface area contributed by atoms with Gasteiger partial charge < -0.3 is 19.8 Å². The predicted molar refractivity (Wildman–Crippen MR) is 96.5 cm³/mol. The van der Waals surface area contributed by atoms with E-state index in [1.807, 2.05) is 50.2 Å². The lowest BCUT2D eigenvalue weighted by Gasteiger charge is -2.26. The van der Waals surface area contributed by atoms with E-state index in [9.17, 15) is 4.79 Å². The van der Waals surface area contributed by atoms with E-state index in [4.69, 9.17) is 9.47 Å². The standard InChI is InChI=1S/C20H20N2O3/c1-12-7-8-16-15(9-12)13(2)19(22-16)20(23)21-10-14-11-24-17-5-3-4-6-18(17)25-14/h3-9,14,22H,10-11H2,1-2H3,(H,21,23). The molecule has 0 saturated carbocycles. The second-order valence-corrected chi connectivity index (χ2v) is 6.38. The second kappa shape index (κ2) is 6.16. The summed E-state index contributed by atoms with van der Waals surface area (Å²) in [4.78, 5) is 15.8. The average molecular weight is 336 g/mol. The van der Waals surface area contributed by atoms with Gasteiger partial charge in [0.1, 0.15) is 18.4 Å². The normalized spacial score (nSPS) is 16.0. The van der Waals surface area contributed by atoms with E-state index in [1.54, 1.807) is 0 Å². The molecule has 2 heterocycles. The van der Waals surface area contributed by atoms with Gasteiger partial charge in [-0.1, -0.05) is 23.8 Å². The number of para-hydroxylation sites is 2. The number of carbonyl (C=O) groups excluding carboxylic acids is 1. The quantitative estimate of drug-likeness (QED) is 0.771. The molecule has 0 bridgehead atoms. The fourth-order valence-electron chi connectivity index (χ4n) is 3.13.